The van der Waals surface area contributed by atoms with E-state index in [0.29, 0.717) is 19.8 Å². The van der Waals surface area contributed by atoms with Gasteiger partial charge in [-0.15, -0.1) is 0 Å². The van der Waals surface area contributed by atoms with Crippen LogP contribution < -0.4 is 0 Å². The van der Waals surface area contributed by atoms with Crippen molar-refractivity contribution >= 4 is 0 Å². The van der Waals surface area contributed by atoms with Crippen LogP contribution in [0.1, 0.15) is 45.7 Å². The van der Waals surface area contributed by atoms with E-state index in [2.05, 4.69) is 12.1 Å². The predicted octanol–water partition coefficient (Wildman–Crippen LogP) is 4.85. The van der Waals surface area contributed by atoms with E-state index in [1.165, 1.54) is 0 Å². The van der Waals surface area contributed by atoms with E-state index < -0.39 is 11.6 Å². The largest absolute Gasteiger partial charge is 0.371 e. The van der Waals surface area contributed by atoms with Gasteiger partial charge in [0.05, 0.1) is 25.9 Å². The molecule has 5 atom stereocenters. The lowest BCUT2D eigenvalue weighted by molar-refractivity contribution is -0.190. The SMILES string of the molecule is C[C@H](OCc1ccccc1)[C@H]1OC(C)(C)O[C@H]1[C@H](OCc1ccccc1)[C@H]1COC(C)(C)O1. The highest BCUT2D eigenvalue weighted by Crippen LogP contribution is 2.37. The lowest BCUT2D eigenvalue weighted by atomic mass is 9.99. The maximum atomic E-state index is 6.46. The van der Waals surface area contributed by atoms with Crippen LogP contribution in [0.25, 0.3) is 0 Å². The van der Waals surface area contributed by atoms with Crippen molar-refractivity contribution in [1.29, 1.82) is 0 Å². The highest BCUT2D eigenvalue weighted by Gasteiger charge is 2.52. The van der Waals surface area contributed by atoms with Crippen LogP contribution in [0.3, 0.4) is 0 Å². The van der Waals surface area contributed by atoms with E-state index in [1.54, 1.807) is 0 Å². The lowest BCUT2D eigenvalue weighted by Crippen LogP contribution is -2.49. The van der Waals surface area contributed by atoms with Gasteiger partial charge in [-0.2, -0.15) is 0 Å². The molecule has 0 radical (unpaired) electrons. The van der Waals surface area contributed by atoms with E-state index in [0.717, 1.165) is 11.1 Å². The highest BCUT2D eigenvalue weighted by atomic mass is 16.8. The topological polar surface area (TPSA) is 55.4 Å². The van der Waals surface area contributed by atoms with Crippen molar-refractivity contribution in [3.05, 3.63) is 71.8 Å². The minimum Gasteiger partial charge on any atom is -0.371 e. The zero-order chi connectivity index (χ0) is 23.5. The zero-order valence-electron chi connectivity index (χ0n) is 20.2. The molecule has 0 bridgehead atoms. The van der Waals surface area contributed by atoms with Gasteiger partial charge in [-0.3, -0.25) is 0 Å². The predicted molar refractivity (Wildman–Crippen MR) is 124 cm³/mol. The average Bonchev–Trinajstić information content (AvgIpc) is 3.32. The summed E-state index contributed by atoms with van der Waals surface area (Å²) in [5, 5.41) is 0. The maximum absolute atomic E-state index is 6.46. The van der Waals surface area contributed by atoms with Crippen LogP contribution in [0.5, 0.6) is 0 Å². The maximum Gasteiger partial charge on any atom is 0.164 e. The van der Waals surface area contributed by atoms with Gasteiger partial charge >= 0.3 is 0 Å². The Morgan fingerprint density at radius 1 is 0.758 bits per heavy atom. The summed E-state index contributed by atoms with van der Waals surface area (Å²) in [5.41, 5.74) is 2.20. The van der Waals surface area contributed by atoms with Gasteiger partial charge in [-0.05, 0) is 45.7 Å². The van der Waals surface area contributed by atoms with E-state index in [4.69, 9.17) is 28.4 Å². The van der Waals surface area contributed by atoms with Crippen LogP contribution in [0.15, 0.2) is 60.7 Å². The quantitative estimate of drug-likeness (QED) is 0.538. The first kappa shape index (κ1) is 24.3. The van der Waals surface area contributed by atoms with Crippen LogP contribution in [-0.2, 0) is 41.6 Å². The third-order valence-electron chi connectivity index (χ3n) is 5.99. The molecule has 2 aliphatic heterocycles. The Morgan fingerprint density at radius 3 is 1.85 bits per heavy atom. The van der Waals surface area contributed by atoms with Gasteiger partial charge in [-0.25, -0.2) is 0 Å². The van der Waals surface area contributed by atoms with Gasteiger partial charge in [0, 0.05) is 0 Å². The van der Waals surface area contributed by atoms with Gasteiger partial charge in [-0.1, -0.05) is 60.7 Å². The number of benzene rings is 2. The van der Waals surface area contributed by atoms with Crippen molar-refractivity contribution in [1.82, 2.24) is 0 Å². The lowest BCUT2D eigenvalue weighted by Gasteiger charge is -2.32. The van der Waals surface area contributed by atoms with Crippen molar-refractivity contribution in [2.45, 2.75) is 89.9 Å². The summed E-state index contributed by atoms with van der Waals surface area (Å²) in [7, 11) is 0. The summed E-state index contributed by atoms with van der Waals surface area (Å²) in [4.78, 5) is 0. The van der Waals surface area contributed by atoms with E-state index in [9.17, 15) is 0 Å². The summed E-state index contributed by atoms with van der Waals surface area (Å²) < 4.78 is 37.5. The minimum atomic E-state index is -0.761. The Bertz CT molecular complexity index is 869. The molecule has 6 heteroatoms. The highest BCUT2D eigenvalue weighted by molar-refractivity contribution is 5.14. The summed E-state index contributed by atoms with van der Waals surface area (Å²) in [6.07, 6.45) is -1.58. The first-order valence-electron chi connectivity index (χ1n) is 11.7. The number of rotatable bonds is 9. The Balaban J connectivity index is 1.51. The first-order valence-corrected chi connectivity index (χ1v) is 11.7. The normalized spacial score (nSPS) is 28.0. The van der Waals surface area contributed by atoms with Gasteiger partial charge in [0.25, 0.3) is 0 Å². The van der Waals surface area contributed by atoms with Crippen LogP contribution in [0.2, 0.25) is 0 Å². The molecular formula is C27H36O6. The fraction of sp³-hybridized carbons (Fsp3) is 0.556. The molecule has 0 aromatic heterocycles. The van der Waals surface area contributed by atoms with Crippen LogP contribution in [0.4, 0.5) is 0 Å². The molecule has 2 fully saturated rings. The summed E-state index contributed by atoms with van der Waals surface area (Å²) >= 11 is 0. The van der Waals surface area contributed by atoms with Crippen LogP contribution in [-0.4, -0.2) is 48.7 Å². The third-order valence-corrected chi connectivity index (χ3v) is 5.99. The molecule has 0 N–H and O–H groups in total. The molecule has 0 amide bonds. The zero-order valence-corrected chi connectivity index (χ0v) is 20.2. The summed E-state index contributed by atoms with van der Waals surface area (Å²) in [6, 6.07) is 20.2. The molecule has 2 heterocycles. The number of hydrogen-bond donors (Lipinski definition) is 0. The number of hydrogen-bond acceptors (Lipinski definition) is 6. The van der Waals surface area contributed by atoms with E-state index in [1.807, 2.05) is 83.1 Å². The Hall–Kier alpha value is -1.80. The molecule has 4 rings (SSSR count). The molecule has 0 saturated carbocycles. The Morgan fingerprint density at radius 2 is 1.30 bits per heavy atom. The average molecular weight is 457 g/mol. The van der Waals surface area contributed by atoms with Crippen molar-refractivity contribution in [3.63, 3.8) is 0 Å². The van der Waals surface area contributed by atoms with E-state index in [-0.39, 0.29) is 30.5 Å². The Kier molecular flexibility index (Phi) is 7.53. The van der Waals surface area contributed by atoms with Crippen LogP contribution in [0, 0.1) is 0 Å². The second-order valence-electron chi connectivity index (χ2n) is 9.69. The molecule has 0 aliphatic carbocycles. The van der Waals surface area contributed by atoms with Gasteiger partial charge < -0.3 is 28.4 Å². The molecule has 180 valence electrons. The molecule has 2 aliphatic rings. The molecule has 2 aromatic rings. The third kappa shape index (κ3) is 6.41. The van der Waals surface area contributed by atoms with Gasteiger partial charge in [0.1, 0.15) is 24.4 Å². The minimum absolute atomic E-state index is 0.213. The molecule has 6 nitrogen and oxygen atoms in total. The van der Waals surface area contributed by atoms with E-state index >= 15 is 0 Å². The number of ether oxygens (including phenoxy) is 6. The van der Waals surface area contributed by atoms with Crippen molar-refractivity contribution in [3.8, 4) is 0 Å². The molecule has 0 spiro atoms. The first-order chi connectivity index (χ1) is 15.7. The van der Waals surface area contributed by atoms with Crippen molar-refractivity contribution in [2.24, 2.45) is 0 Å². The van der Waals surface area contributed by atoms with Crippen molar-refractivity contribution < 1.29 is 28.4 Å². The molecule has 2 aromatic carbocycles. The Labute approximate surface area is 197 Å². The fourth-order valence-corrected chi connectivity index (χ4v) is 4.39. The second kappa shape index (κ2) is 10.2. The second-order valence-corrected chi connectivity index (χ2v) is 9.69. The molecular weight excluding hydrogens is 420 g/mol. The molecule has 0 unspecified atom stereocenters. The summed E-state index contributed by atoms with van der Waals surface area (Å²) in [5.74, 6) is -1.43. The van der Waals surface area contributed by atoms with Crippen molar-refractivity contribution in [2.75, 3.05) is 6.61 Å². The summed E-state index contributed by atoms with van der Waals surface area (Å²) in [6.45, 7) is 11.1. The fourth-order valence-electron chi connectivity index (χ4n) is 4.39. The van der Waals surface area contributed by atoms with Gasteiger partial charge in [0.15, 0.2) is 11.6 Å². The van der Waals surface area contributed by atoms with Crippen LogP contribution >= 0.6 is 0 Å². The molecule has 2 saturated heterocycles. The molecule has 33 heavy (non-hydrogen) atoms. The standard InChI is InChI=1S/C27H36O6/c1-19(28-16-20-12-8-6-9-13-20)23-25(33-27(4,5)32-23)24(22-18-30-26(2,3)31-22)29-17-21-14-10-7-11-15-21/h6-15,19,22-25H,16-18H2,1-5H3/t19-,22+,23+,24+,25+/m0/s1. The monoisotopic (exact) mass is 456 g/mol. The smallest absolute Gasteiger partial charge is 0.164 e. The van der Waals surface area contributed by atoms with Gasteiger partial charge in [0.2, 0.25) is 0 Å².